The molecule has 0 bridgehead atoms. The Morgan fingerprint density at radius 1 is 1.43 bits per heavy atom. The topological polar surface area (TPSA) is 62.5 Å². The van der Waals surface area contributed by atoms with Crippen molar-refractivity contribution in [1.29, 1.82) is 0 Å². The minimum Gasteiger partial charge on any atom is -0.383 e. The number of pyridine rings is 1. The average Bonchev–Trinajstić information content (AvgIpc) is 2.48. The fraction of sp³-hybridized carbons (Fsp3) is 0.600. The van der Waals surface area contributed by atoms with E-state index in [4.69, 9.17) is 5.73 Å². The number of rotatable bonds is 1. The second-order valence-corrected chi connectivity index (χ2v) is 6.95. The van der Waals surface area contributed by atoms with Crippen molar-refractivity contribution in [2.75, 3.05) is 25.4 Å². The van der Waals surface area contributed by atoms with Crippen LogP contribution >= 0.6 is 15.9 Å². The Balaban J connectivity index is 1.82. The van der Waals surface area contributed by atoms with Crippen LogP contribution in [0.2, 0.25) is 0 Å². The third-order valence-corrected chi connectivity index (χ3v) is 5.00. The van der Waals surface area contributed by atoms with Crippen molar-refractivity contribution < 1.29 is 4.79 Å². The molecule has 2 N–H and O–H groups in total. The fourth-order valence-electron chi connectivity index (χ4n) is 3.41. The predicted molar refractivity (Wildman–Crippen MR) is 86.1 cm³/mol. The van der Waals surface area contributed by atoms with Gasteiger partial charge in [-0.05, 0) is 48.3 Å². The first-order valence-corrected chi connectivity index (χ1v) is 8.31. The summed E-state index contributed by atoms with van der Waals surface area (Å²) in [6, 6.07) is 2.48. The van der Waals surface area contributed by atoms with E-state index in [9.17, 15) is 4.79 Å². The van der Waals surface area contributed by atoms with Crippen molar-refractivity contribution in [3.8, 4) is 0 Å². The van der Waals surface area contributed by atoms with E-state index in [0.29, 0.717) is 17.4 Å². The number of carbonyl (C=O) groups is 1. The summed E-state index contributed by atoms with van der Waals surface area (Å²) < 4.78 is 0.781. The van der Waals surface area contributed by atoms with Crippen LogP contribution in [0, 0.1) is 0 Å². The molecule has 0 spiro atoms. The molecule has 2 unspecified atom stereocenters. The largest absolute Gasteiger partial charge is 0.383 e. The Hall–Kier alpha value is -1.14. The second kappa shape index (κ2) is 5.93. The smallest absolute Gasteiger partial charge is 0.257 e. The number of aromatic nitrogens is 1. The number of halogens is 1. The standard InChI is InChI=1S/C15H21BrN4O/c1-10-8-19-5-3-2-4-12(19)9-20(10)15(21)13-6-11(16)7-18-14(13)17/h6-7,10,12H,2-5,8-9H2,1H3,(H2,17,18). The first-order valence-electron chi connectivity index (χ1n) is 7.52. The number of anilines is 1. The van der Waals surface area contributed by atoms with E-state index < -0.39 is 0 Å². The molecular weight excluding hydrogens is 332 g/mol. The van der Waals surface area contributed by atoms with Gasteiger partial charge in [-0.3, -0.25) is 9.69 Å². The van der Waals surface area contributed by atoms with Crippen LogP contribution in [0.25, 0.3) is 0 Å². The van der Waals surface area contributed by atoms with Gasteiger partial charge in [0.25, 0.3) is 5.91 Å². The van der Waals surface area contributed by atoms with Crippen LogP contribution in [0.15, 0.2) is 16.7 Å². The van der Waals surface area contributed by atoms with Gasteiger partial charge in [0.15, 0.2) is 0 Å². The molecule has 1 aromatic rings. The number of fused-ring (bicyclic) bond motifs is 1. The van der Waals surface area contributed by atoms with Gasteiger partial charge in [0, 0.05) is 35.8 Å². The van der Waals surface area contributed by atoms with Crippen molar-refractivity contribution in [2.24, 2.45) is 0 Å². The summed E-state index contributed by atoms with van der Waals surface area (Å²) >= 11 is 3.36. The number of nitrogen functional groups attached to an aromatic ring is 1. The first kappa shape index (κ1) is 14.8. The van der Waals surface area contributed by atoms with E-state index in [-0.39, 0.29) is 11.9 Å². The lowest BCUT2D eigenvalue weighted by atomic mass is 9.96. The molecule has 114 valence electrons. The lowest BCUT2D eigenvalue weighted by Crippen LogP contribution is -2.60. The van der Waals surface area contributed by atoms with Gasteiger partial charge in [-0.1, -0.05) is 6.42 Å². The van der Waals surface area contributed by atoms with E-state index >= 15 is 0 Å². The number of amides is 1. The molecule has 3 rings (SSSR count). The minimum absolute atomic E-state index is 0.000904. The number of piperazine rings is 1. The zero-order chi connectivity index (χ0) is 15.0. The quantitative estimate of drug-likeness (QED) is 0.840. The summed E-state index contributed by atoms with van der Waals surface area (Å²) in [7, 11) is 0. The van der Waals surface area contributed by atoms with Crippen molar-refractivity contribution in [2.45, 2.75) is 38.3 Å². The summed E-state index contributed by atoms with van der Waals surface area (Å²) in [4.78, 5) is 21.4. The van der Waals surface area contributed by atoms with Crippen molar-refractivity contribution >= 4 is 27.7 Å². The molecule has 6 heteroatoms. The lowest BCUT2D eigenvalue weighted by molar-refractivity contribution is 0.0152. The highest BCUT2D eigenvalue weighted by Gasteiger charge is 2.36. The molecule has 0 saturated carbocycles. The number of piperidine rings is 1. The highest BCUT2D eigenvalue weighted by atomic mass is 79.9. The summed E-state index contributed by atoms with van der Waals surface area (Å²) in [5.74, 6) is 0.306. The maximum atomic E-state index is 12.8. The van der Waals surface area contributed by atoms with Gasteiger partial charge in [-0.15, -0.1) is 0 Å². The first-order chi connectivity index (χ1) is 10.1. The summed E-state index contributed by atoms with van der Waals surface area (Å²) in [6.07, 6.45) is 5.34. The van der Waals surface area contributed by atoms with E-state index in [1.807, 2.05) is 4.90 Å². The molecular formula is C15H21BrN4O. The molecule has 2 aliphatic rings. The molecule has 3 heterocycles. The Kier molecular flexibility index (Phi) is 4.17. The average molecular weight is 353 g/mol. The Morgan fingerprint density at radius 3 is 3.05 bits per heavy atom. The molecule has 2 saturated heterocycles. The fourth-order valence-corrected chi connectivity index (χ4v) is 3.74. The lowest BCUT2D eigenvalue weighted by Gasteiger charge is -2.47. The molecule has 2 atom stereocenters. The minimum atomic E-state index is -0.000904. The molecule has 0 aromatic carbocycles. The van der Waals surface area contributed by atoms with Crippen LogP contribution in [-0.2, 0) is 0 Å². The molecule has 0 aliphatic carbocycles. The van der Waals surface area contributed by atoms with Gasteiger partial charge < -0.3 is 10.6 Å². The summed E-state index contributed by atoms with van der Waals surface area (Å²) in [6.45, 7) is 5.03. The summed E-state index contributed by atoms with van der Waals surface area (Å²) in [5.41, 5.74) is 6.38. The molecule has 2 fully saturated rings. The number of nitrogens with zero attached hydrogens (tertiary/aromatic N) is 3. The van der Waals surface area contributed by atoms with Crippen LogP contribution in [0.4, 0.5) is 5.82 Å². The number of hydrogen-bond acceptors (Lipinski definition) is 4. The van der Waals surface area contributed by atoms with E-state index in [1.165, 1.54) is 19.3 Å². The van der Waals surface area contributed by atoms with Gasteiger partial charge in [0.05, 0.1) is 5.56 Å². The van der Waals surface area contributed by atoms with Crippen LogP contribution in [-0.4, -0.2) is 52.4 Å². The van der Waals surface area contributed by atoms with Gasteiger partial charge in [0.2, 0.25) is 0 Å². The second-order valence-electron chi connectivity index (χ2n) is 6.04. The van der Waals surface area contributed by atoms with Crippen molar-refractivity contribution in [3.63, 3.8) is 0 Å². The van der Waals surface area contributed by atoms with E-state index in [1.54, 1.807) is 12.3 Å². The molecule has 0 radical (unpaired) electrons. The molecule has 21 heavy (non-hydrogen) atoms. The van der Waals surface area contributed by atoms with Gasteiger partial charge in [0.1, 0.15) is 5.82 Å². The van der Waals surface area contributed by atoms with Gasteiger partial charge >= 0.3 is 0 Å². The monoisotopic (exact) mass is 352 g/mol. The van der Waals surface area contributed by atoms with Crippen molar-refractivity contribution in [1.82, 2.24) is 14.8 Å². The number of hydrogen-bond donors (Lipinski definition) is 1. The number of carbonyl (C=O) groups excluding carboxylic acids is 1. The predicted octanol–water partition coefficient (Wildman–Crippen LogP) is 2.13. The third-order valence-electron chi connectivity index (χ3n) is 4.56. The zero-order valence-corrected chi connectivity index (χ0v) is 13.8. The van der Waals surface area contributed by atoms with Crippen LogP contribution in [0.3, 0.4) is 0 Å². The maximum absolute atomic E-state index is 12.8. The maximum Gasteiger partial charge on any atom is 0.257 e. The SMILES string of the molecule is CC1CN2CCCCC2CN1C(=O)c1cc(Br)cnc1N. The van der Waals surface area contributed by atoms with Gasteiger partial charge in [-0.2, -0.15) is 0 Å². The third kappa shape index (κ3) is 2.92. The van der Waals surface area contributed by atoms with E-state index in [0.717, 1.165) is 24.1 Å². The Labute approximate surface area is 133 Å². The van der Waals surface area contributed by atoms with Crippen LogP contribution in [0.5, 0.6) is 0 Å². The molecule has 2 aliphatic heterocycles. The zero-order valence-electron chi connectivity index (χ0n) is 12.3. The Bertz CT molecular complexity index is 550. The van der Waals surface area contributed by atoms with Gasteiger partial charge in [-0.25, -0.2) is 4.98 Å². The van der Waals surface area contributed by atoms with Crippen LogP contribution < -0.4 is 5.73 Å². The highest BCUT2D eigenvalue weighted by molar-refractivity contribution is 9.10. The highest BCUT2D eigenvalue weighted by Crippen LogP contribution is 2.26. The molecule has 5 nitrogen and oxygen atoms in total. The van der Waals surface area contributed by atoms with Crippen molar-refractivity contribution in [3.05, 3.63) is 22.3 Å². The molecule has 1 aromatic heterocycles. The van der Waals surface area contributed by atoms with E-state index in [2.05, 4.69) is 32.7 Å². The molecule has 1 amide bonds. The normalized spacial score (nSPS) is 26.5. The number of nitrogens with two attached hydrogens (primary N) is 1. The van der Waals surface area contributed by atoms with Crippen LogP contribution in [0.1, 0.15) is 36.5 Å². The summed E-state index contributed by atoms with van der Waals surface area (Å²) in [5, 5.41) is 0. The Morgan fingerprint density at radius 2 is 2.24 bits per heavy atom.